The highest BCUT2D eigenvalue weighted by Gasteiger charge is 2.25. The summed E-state index contributed by atoms with van der Waals surface area (Å²) in [5, 5.41) is 14.9. The Bertz CT molecular complexity index is 816. The van der Waals surface area contributed by atoms with Crippen LogP contribution in [0.15, 0.2) is 22.7 Å². The topological polar surface area (TPSA) is 81.4 Å². The molecule has 2 aromatic rings. The molecule has 1 N–H and O–H groups in total. The maximum atomic E-state index is 12.8. The number of hydrogen-bond acceptors (Lipinski definition) is 5. The van der Waals surface area contributed by atoms with Crippen LogP contribution in [0.3, 0.4) is 0 Å². The number of aromatic nitrogens is 2. The number of aliphatic hydroxyl groups is 1. The van der Waals surface area contributed by atoms with Crippen molar-refractivity contribution in [2.45, 2.75) is 45.9 Å². The Hall–Kier alpha value is -1.80. The molecule has 0 aliphatic rings. The molecule has 6 nitrogen and oxygen atoms in total. The molecule has 148 valence electrons. The molecule has 0 fully saturated rings. The minimum atomic E-state index is -2.96. The number of ether oxygens (including phenoxy) is 1. The average Bonchev–Trinajstić information content (AvgIpc) is 2.82. The molecule has 0 aliphatic carbocycles. The van der Waals surface area contributed by atoms with Gasteiger partial charge >= 0.3 is 12.8 Å². The smallest absolute Gasteiger partial charge is 0.387 e. The van der Waals surface area contributed by atoms with E-state index in [4.69, 9.17) is 21.2 Å². The molecule has 0 amide bonds. The van der Waals surface area contributed by atoms with Gasteiger partial charge in [0.05, 0.1) is 28.6 Å². The van der Waals surface area contributed by atoms with Crippen molar-refractivity contribution in [3.05, 3.63) is 33.4 Å². The van der Waals surface area contributed by atoms with Gasteiger partial charge < -0.3 is 9.84 Å². The molecule has 0 spiro atoms. The van der Waals surface area contributed by atoms with Gasteiger partial charge in [-0.05, 0) is 38.5 Å². The minimum Gasteiger partial charge on any atom is -0.434 e. The van der Waals surface area contributed by atoms with E-state index in [1.807, 2.05) is 6.92 Å². The predicted octanol–water partition coefficient (Wildman–Crippen LogP) is 4.32. The molecular weight excluding hydrogens is 450 g/mol. The monoisotopic (exact) mass is 466 g/mol. The molecule has 0 saturated carbocycles. The zero-order valence-corrected chi connectivity index (χ0v) is 17.1. The van der Waals surface area contributed by atoms with E-state index in [0.717, 1.165) is 0 Å². The Labute approximate surface area is 168 Å². The van der Waals surface area contributed by atoms with E-state index in [0.29, 0.717) is 32.9 Å². The largest absolute Gasteiger partial charge is 0.434 e. The standard InChI is InChI=1S/C16H18BrClF2N2O2.CO2/c1-4-11-13(18)14(22(21-11)8-16(2,3)23)10-6-5-9(17)7-12(10)24-15(19)20;2-1-3/h5-7,15,23H,4,8H2,1-3H3;. The van der Waals surface area contributed by atoms with Crippen molar-refractivity contribution in [3.8, 4) is 17.0 Å². The van der Waals surface area contributed by atoms with Crippen molar-refractivity contribution in [1.29, 1.82) is 0 Å². The average molecular weight is 468 g/mol. The second-order valence-corrected chi connectivity index (χ2v) is 7.33. The van der Waals surface area contributed by atoms with E-state index in [-0.39, 0.29) is 18.4 Å². The van der Waals surface area contributed by atoms with Crippen molar-refractivity contribution >= 4 is 33.7 Å². The maximum Gasteiger partial charge on any atom is 0.387 e. The van der Waals surface area contributed by atoms with Crippen LogP contribution in [-0.4, -0.2) is 33.3 Å². The summed E-state index contributed by atoms with van der Waals surface area (Å²) in [6.45, 7) is 2.36. The van der Waals surface area contributed by atoms with Crippen LogP contribution in [-0.2, 0) is 22.6 Å². The number of alkyl halides is 2. The normalized spacial score (nSPS) is 11.0. The number of aryl methyl sites for hydroxylation is 1. The van der Waals surface area contributed by atoms with Gasteiger partial charge in [0.25, 0.3) is 0 Å². The second-order valence-electron chi connectivity index (χ2n) is 6.04. The summed E-state index contributed by atoms with van der Waals surface area (Å²) in [6.07, 6.45) is 0.826. The molecule has 0 radical (unpaired) electrons. The Morgan fingerprint density at radius 2 is 2.00 bits per heavy atom. The van der Waals surface area contributed by atoms with E-state index in [2.05, 4.69) is 25.8 Å². The Morgan fingerprint density at radius 3 is 2.48 bits per heavy atom. The first-order valence-corrected chi connectivity index (χ1v) is 8.92. The minimum absolute atomic E-state index is 0.0131. The van der Waals surface area contributed by atoms with Gasteiger partial charge in [-0.25, -0.2) is 0 Å². The molecular formula is C17H18BrClF2N2O4. The molecule has 0 saturated heterocycles. The lowest BCUT2D eigenvalue weighted by atomic mass is 10.1. The van der Waals surface area contributed by atoms with Crippen molar-refractivity contribution in [1.82, 2.24) is 9.78 Å². The highest BCUT2D eigenvalue weighted by Crippen LogP contribution is 2.39. The van der Waals surface area contributed by atoms with Gasteiger partial charge in [0.15, 0.2) is 0 Å². The molecule has 0 bridgehead atoms. The summed E-state index contributed by atoms with van der Waals surface area (Å²) in [7, 11) is 0. The molecule has 1 aromatic carbocycles. The summed E-state index contributed by atoms with van der Waals surface area (Å²) in [5.74, 6) is -0.0131. The first kappa shape index (κ1) is 23.2. The van der Waals surface area contributed by atoms with Crippen LogP contribution in [0, 0.1) is 0 Å². The molecule has 27 heavy (non-hydrogen) atoms. The van der Waals surface area contributed by atoms with Crippen molar-refractivity contribution in [3.63, 3.8) is 0 Å². The summed E-state index contributed by atoms with van der Waals surface area (Å²) >= 11 is 9.66. The molecule has 2 rings (SSSR count). The summed E-state index contributed by atoms with van der Waals surface area (Å²) in [4.78, 5) is 16.2. The highest BCUT2D eigenvalue weighted by atomic mass is 79.9. The predicted molar refractivity (Wildman–Crippen MR) is 97.7 cm³/mol. The first-order chi connectivity index (χ1) is 12.5. The summed E-state index contributed by atoms with van der Waals surface area (Å²) < 4.78 is 32.3. The van der Waals surface area contributed by atoms with Gasteiger partial charge in [0.1, 0.15) is 5.75 Å². The van der Waals surface area contributed by atoms with Crippen LogP contribution in [0.25, 0.3) is 11.3 Å². The molecule has 0 aliphatic heterocycles. The lowest BCUT2D eigenvalue weighted by Gasteiger charge is -2.20. The van der Waals surface area contributed by atoms with Crippen molar-refractivity contribution < 1.29 is 28.2 Å². The molecule has 1 heterocycles. The van der Waals surface area contributed by atoms with E-state index in [1.54, 1.807) is 26.0 Å². The van der Waals surface area contributed by atoms with Gasteiger partial charge in [-0.15, -0.1) is 0 Å². The van der Waals surface area contributed by atoms with Crippen LogP contribution in [0.4, 0.5) is 8.78 Å². The third kappa shape index (κ3) is 6.70. The van der Waals surface area contributed by atoms with Crippen molar-refractivity contribution in [2.24, 2.45) is 0 Å². The number of carbonyl (C=O) groups excluding carboxylic acids is 2. The lowest BCUT2D eigenvalue weighted by Crippen LogP contribution is -2.27. The third-order valence-electron chi connectivity index (χ3n) is 3.25. The van der Waals surface area contributed by atoms with Crippen LogP contribution in [0.1, 0.15) is 26.5 Å². The van der Waals surface area contributed by atoms with Gasteiger partial charge in [0.2, 0.25) is 0 Å². The fraction of sp³-hybridized carbons (Fsp3) is 0.412. The second kappa shape index (κ2) is 9.94. The van der Waals surface area contributed by atoms with Gasteiger partial charge in [-0.1, -0.05) is 34.5 Å². The van der Waals surface area contributed by atoms with Crippen LogP contribution in [0.2, 0.25) is 5.02 Å². The third-order valence-corrected chi connectivity index (χ3v) is 4.14. The zero-order chi connectivity index (χ0) is 20.8. The quantitative estimate of drug-likeness (QED) is 0.684. The fourth-order valence-corrected chi connectivity index (χ4v) is 3.05. The number of benzene rings is 1. The van der Waals surface area contributed by atoms with E-state index in [1.165, 1.54) is 10.7 Å². The Kier molecular flexibility index (Phi) is 8.56. The van der Waals surface area contributed by atoms with E-state index < -0.39 is 12.2 Å². The van der Waals surface area contributed by atoms with Crippen LogP contribution >= 0.6 is 27.5 Å². The zero-order valence-electron chi connectivity index (χ0n) is 14.8. The molecule has 1 aromatic heterocycles. The Morgan fingerprint density at radius 1 is 1.41 bits per heavy atom. The van der Waals surface area contributed by atoms with Crippen LogP contribution < -0.4 is 4.74 Å². The molecule has 10 heteroatoms. The summed E-state index contributed by atoms with van der Waals surface area (Å²) in [5.41, 5.74) is 0.411. The maximum absolute atomic E-state index is 12.8. The fourth-order valence-electron chi connectivity index (χ4n) is 2.34. The lowest BCUT2D eigenvalue weighted by molar-refractivity contribution is -0.191. The molecule has 0 unspecified atom stereocenters. The number of halogens is 4. The van der Waals surface area contributed by atoms with Crippen LogP contribution in [0.5, 0.6) is 5.75 Å². The first-order valence-electron chi connectivity index (χ1n) is 7.75. The SMILES string of the molecule is CCc1nn(CC(C)(C)O)c(-c2ccc(Br)cc2OC(F)F)c1Cl.O=C=O. The van der Waals surface area contributed by atoms with Gasteiger partial charge in [0, 0.05) is 10.0 Å². The number of rotatable bonds is 6. The Balaban J connectivity index is 0.00000114. The van der Waals surface area contributed by atoms with Gasteiger partial charge in [-0.2, -0.15) is 23.5 Å². The van der Waals surface area contributed by atoms with E-state index in [9.17, 15) is 13.9 Å². The molecule has 0 atom stereocenters. The number of hydrogen-bond donors (Lipinski definition) is 1. The highest BCUT2D eigenvalue weighted by molar-refractivity contribution is 9.10. The number of nitrogens with zero attached hydrogens (tertiary/aromatic N) is 2. The summed E-state index contributed by atoms with van der Waals surface area (Å²) in [6, 6.07) is 4.78. The van der Waals surface area contributed by atoms with Crippen molar-refractivity contribution in [2.75, 3.05) is 0 Å². The van der Waals surface area contributed by atoms with E-state index >= 15 is 0 Å². The van der Waals surface area contributed by atoms with Gasteiger partial charge in [-0.3, -0.25) is 4.68 Å².